The number of morpholine rings is 1. The summed E-state index contributed by atoms with van der Waals surface area (Å²) in [5.41, 5.74) is -0.0701. The van der Waals surface area contributed by atoms with Crippen molar-refractivity contribution in [2.75, 3.05) is 18.0 Å². The first-order valence-electron chi connectivity index (χ1n) is 6.80. The fraction of sp³-hybridized carbons (Fsp3) is 0.714. The fourth-order valence-corrected chi connectivity index (χ4v) is 3.41. The standard InChI is InChI=1S/C14H21N3O/c1-13(2)10-17(12-9-15-7-8-16-12)11-14(18-13)5-3-4-6-14/h7-9H,3-6,10-11H2,1-2H3. The lowest BCUT2D eigenvalue weighted by Gasteiger charge is -2.49. The topological polar surface area (TPSA) is 38.2 Å². The van der Waals surface area contributed by atoms with Crippen molar-refractivity contribution in [3.63, 3.8) is 0 Å². The highest BCUT2D eigenvalue weighted by atomic mass is 16.5. The highest BCUT2D eigenvalue weighted by Crippen LogP contribution is 2.41. The quantitative estimate of drug-likeness (QED) is 0.764. The molecule has 0 bridgehead atoms. The van der Waals surface area contributed by atoms with E-state index in [-0.39, 0.29) is 11.2 Å². The van der Waals surface area contributed by atoms with Crippen LogP contribution in [0.1, 0.15) is 39.5 Å². The summed E-state index contributed by atoms with van der Waals surface area (Å²) in [6, 6.07) is 0. The van der Waals surface area contributed by atoms with Gasteiger partial charge in [-0.25, -0.2) is 4.98 Å². The fourth-order valence-electron chi connectivity index (χ4n) is 3.41. The molecular formula is C14H21N3O. The summed E-state index contributed by atoms with van der Waals surface area (Å²) in [6.45, 7) is 6.19. The van der Waals surface area contributed by atoms with Gasteiger partial charge in [-0.15, -0.1) is 0 Å². The summed E-state index contributed by atoms with van der Waals surface area (Å²) in [7, 11) is 0. The van der Waals surface area contributed by atoms with Crippen LogP contribution < -0.4 is 4.90 Å². The van der Waals surface area contributed by atoms with Crippen LogP contribution in [0, 0.1) is 0 Å². The Hall–Kier alpha value is -1.16. The third kappa shape index (κ3) is 2.21. The lowest BCUT2D eigenvalue weighted by molar-refractivity contribution is -0.148. The predicted molar refractivity (Wildman–Crippen MR) is 70.6 cm³/mol. The maximum absolute atomic E-state index is 6.38. The largest absolute Gasteiger partial charge is 0.365 e. The first-order chi connectivity index (χ1) is 8.59. The van der Waals surface area contributed by atoms with Crippen LogP contribution in [-0.4, -0.2) is 34.3 Å². The molecule has 4 heteroatoms. The molecule has 3 rings (SSSR count). The first kappa shape index (κ1) is 11.9. The molecule has 1 aromatic rings. The van der Waals surface area contributed by atoms with E-state index in [0.717, 1.165) is 18.9 Å². The van der Waals surface area contributed by atoms with Crippen LogP contribution in [0.5, 0.6) is 0 Å². The predicted octanol–water partition coefficient (Wildman–Crippen LogP) is 2.40. The van der Waals surface area contributed by atoms with Crippen LogP contribution in [0.3, 0.4) is 0 Å². The smallest absolute Gasteiger partial charge is 0.147 e. The summed E-state index contributed by atoms with van der Waals surface area (Å²) >= 11 is 0. The normalized spacial score (nSPS) is 25.6. The van der Waals surface area contributed by atoms with Crippen LogP contribution in [0.25, 0.3) is 0 Å². The molecule has 0 radical (unpaired) electrons. The van der Waals surface area contributed by atoms with Gasteiger partial charge in [-0.1, -0.05) is 12.8 Å². The molecule has 2 fully saturated rings. The molecule has 1 aliphatic heterocycles. The highest BCUT2D eigenvalue weighted by molar-refractivity contribution is 5.37. The third-order valence-corrected chi connectivity index (χ3v) is 3.93. The van der Waals surface area contributed by atoms with E-state index in [2.05, 4.69) is 28.7 Å². The molecular weight excluding hydrogens is 226 g/mol. The number of ether oxygens (including phenoxy) is 1. The number of hydrogen-bond acceptors (Lipinski definition) is 4. The van der Waals surface area contributed by atoms with Gasteiger partial charge in [0.05, 0.1) is 17.4 Å². The van der Waals surface area contributed by atoms with Crippen LogP contribution in [0.4, 0.5) is 5.82 Å². The molecule has 18 heavy (non-hydrogen) atoms. The van der Waals surface area contributed by atoms with E-state index < -0.39 is 0 Å². The van der Waals surface area contributed by atoms with Gasteiger partial charge in [-0.05, 0) is 26.7 Å². The van der Waals surface area contributed by atoms with Gasteiger partial charge in [-0.3, -0.25) is 4.98 Å². The molecule has 1 aliphatic carbocycles. The van der Waals surface area contributed by atoms with Gasteiger partial charge < -0.3 is 9.64 Å². The molecule has 98 valence electrons. The Kier molecular flexibility index (Phi) is 2.77. The van der Waals surface area contributed by atoms with Gasteiger partial charge in [0, 0.05) is 25.5 Å². The molecule has 2 aliphatic rings. The van der Waals surface area contributed by atoms with Crippen molar-refractivity contribution in [2.45, 2.75) is 50.7 Å². The number of anilines is 1. The molecule has 0 aromatic carbocycles. The van der Waals surface area contributed by atoms with Crippen molar-refractivity contribution in [2.24, 2.45) is 0 Å². The Morgan fingerprint density at radius 1 is 1.17 bits per heavy atom. The van der Waals surface area contributed by atoms with Crippen LogP contribution in [0.15, 0.2) is 18.6 Å². The number of hydrogen-bond donors (Lipinski definition) is 0. The Labute approximate surface area is 108 Å². The summed E-state index contributed by atoms with van der Waals surface area (Å²) in [4.78, 5) is 10.9. The lowest BCUT2D eigenvalue weighted by atomic mass is 9.94. The van der Waals surface area contributed by atoms with Crippen LogP contribution in [0.2, 0.25) is 0 Å². The first-order valence-corrected chi connectivity index (χ1v) is 6.80. The zero-order valence-electron chi connectivity index (χ0n) is 11.2. The Balaban J connectivity index is 1.87. The number of aromatic nitrogens is 2. The van der Waals surface area contributed by atoms with Gasteiger partial charge >= 0.3 is 0 Å². The summed E-state index contributed by atoms with van der Waals surface area (Å²) in [6.07, 6.45) is 10.2. The monoisotopic (exact) mass is 247 g/mol. The van der Waals surface area contributed by atoms with E-state index in [1.807, 2.05) is 6.20 Å². The minimum absolute atomic E-state index is 0.0409. The maximum atomic E-state index is 6.38. The molecule has 4 nitrogen and oxygen atoms in total. The van der Waals surface area contributed by atoms with Crippen molar-refractivity contribution < 1.29 is 4.74 Å². The minimum atomic E-state index is -0.111. The zero-order chi connectivity index (χ0) is 12.6. The maximum Gasteiger partial charge on any atom is 0.147 e. The number of rotatable bonds is 1. The highest BCUT2D eigenvalue weighted by Gasteiger charge is 2.46. The van der Waals surface area contributed by atoms with E-state index >= 15 is 0 Å². The van der Waals surface area contributed by atoms with Gasteiger partial charge in [0.2, 0.25) is 0 Å². The molecule has 2 heterocycles. The van der Waals surface area contributed by atoms with Crippen molar-refractivity contribution >= 4 is 5.82 Å². The van der Waals surface area contributed by atoms with Crippen molar-refractivity contribution in [3.05, 3.63) is 18.6 Å². The Bertz CT molecular complexity index is 412. The van der Waals surface area contributed by atoms with Crippen molar-refractivity contribution in [3.8, 4) is 0 Å². The van der Waals surface area contributed by atoms with Gasteiger partial charge in [0.15, 0.2) is 0 Å². The van der Waals surface area contributed by atoms with E-state index in [9.17, 15) is 0 Å². The molecule has 0 amide bonds. The van der Waals surface area contributed by atoms with Crippen molar-refractivity contribution in [1.29, 1.82) is 0 Å². The van der Waals surface area contributed by atoms with E-state index in [1.165, 1.54) is 25.7 Å². The van der Waals surface area contributed by atoms with Gasteiger partial charge in [-0.2, -0.15) is 0 Å². The zero-order valence-corrected chi connectivity index (χ0v) is 11.2. The van der Waals surface area contributed by atoms with E-state index in [4.69, 9.17) is 4.74 Å². The van der Waals surface area contributed by atoms with Crippen LogP contribution in [-0.2, 0) is 4.74 Å². The van der Waals surface area contributed by atoms with E-state index in [0.29, 0.717) is 0 Å². The average molecular weight is 247 g/mol. The van der Waals surface area contributed by atoms with Crippen molar-refractivity contribution in [1.82, 2.24) is 9.97 Å². The molecule has 0 unspecified atom stereocenters. The third-order valence-electron chi connectivity index (χ3n) is 3.93. The summed E-state index contributed by atoms with van der Waals surface area (Å²) in [5.74, 6) is 0.972. The Morgan fingerprint density at radius 3 is 2.61 bits per heavy atom. The molecule has 1 aromatic heterocycles. The second-order valence-corrected chi connectivity index (χ2v) is 6.17. The lowest BCUT2D eigenvalue weighted by Crippen LogP contribution is -2.59. The average Bonchev–Trinajstić information content (AvgIpc) is 2.76. The molecule has 1 saturated carbocycles. The second kappa shape index (κ2) is 4.19. The minimum Gasteiger partial charge on any atom is -0.365 e. The molecule has 0 N–H and O–H groups in total. The van der Waals surface area contributed by atoms with E-state index in [1.54, 1.807) is 12.4 Å². The van der Waals surface area contributed by atoms with Gasteiger partial charge in [0.1, 0.15) is 5.82 Å². The molecule has 1 spiro atoms. The second-order valence-electron chi connectivity index (χ2n) is 6.17. The molecule has 0 atom stereocenters. The number of nitrogens with zero attached hydrogens (tertiary/aromatic N) is 3. The van der Waals surface area contributed by atoms with Crippen LogP contribution >= 0.6 is 0 Å². The SMILES string of the molecule is CC1(C)CN(c2cnccn2)CC2(CCCC2)O1. The summed E-state index contributed by atoms with van der Waals surface area (Å²) in [5, 5.41) is 0. The molecule has 1 saturated heterocycles. The Morgan fingerprint density at radius 2 is 1.94 bits per heavy atom. The van der Waals surface area contributed by atoms with Gasteiger partial charge in [0.25, 0.3) is 0 Å². The summed E-state index contributed by atoms with van der Waals surface area (Å²) < 4.78 is 6.38.